The van der Waals surface area contributed by atoms with E-state index >= 15 is 0 Å². The zero-order valence-corrected chi connectivity index (χ0v) is 25.0. The van der Waals surface area contributed by atoms with E-state index in [0.29, 0.717) is 29.4 Å². The molecule has 0 saturated carbocycles. The maximum atomic E-state index is 14.3. The summed E-state index contributed by atoms with van der Waals surface area (Å²) in [5, 5.41) is 16.7. The minimum absolute atomic E-state index is 0.248. The largest absolute Gasteiger partial charge is 0.494 e. The summed E-state index contributed by atoms with van der Waals surface area (Å²) in [7, 11) is 0. The van der Waals surface area contributed by atoms with Crippen molar-refractivity contribution in [2.24, 2.45) is 0 Å². The summed E-state index contributed by atoms with van der Waals surface area (Å²) < 4.78 is 5.63. The highest BCUT2D eigenvalue weighted by molar-refractivity contribution is 6.02. The molecule has 1 atom stereocenters. The summed E-state index contributed by atoms with van der Waals surface area (Å²) in [6.45, 7) is 9.86. The Morgan fingerprint density at radius 2 is 1.72 bits per heavy atom. The molecule has 0 saturated heterocycles. The van der Waals surface area contributed by atoms with Crippen molar-refractivity contribution in [2.45, 2.75) is 52.7 Å². The van der Waals surface area contributed by atoms with Crippen LogP contribution in [0.25, 0.3) is 22.3 Å². The number of nitrogens with one attached hydrogen (secondary N) is 1. The molecule has 3 aromatic carbocycles. The van der Waals surface area contributed by atoms with Crippen molar-refractivity contribution in [1.29, 1.82) is 0 Å². The number of benzene rings is 3. The number of anilines is 1. The van der Waals surface area contributed by atoms with Gasteiger partial charge in [-0.1, -0.05) is 60.2 Å². The summed E-state index contributed by atoms with van der Waals surface area (Å²) >= 11 is 0. The standard InChI is InChI=1S/C33H35N7O3/c1-6-43-27-17-15-23(16-18-27)30(32(42)35-33(3,4)5)40(26-19-25-9-7-8-10-28(25)34-20-26)29(41)21-39-37-31(36-38-39)24-13-11-22(2)12-14-24/h7-20,30H,6,21H2,1-5H3,(H,35,42). The molecular formula is C33H35N7O3. The van der Waals surface area contributed by atoms with Crippen LogP contribution in [0.3, 0.4) is 0 Å². The van der Waals surface area contributed by atoms with E-state index in [-0.39, 0.29) is 12.5 Å². The molecule has 220 valence electrons. The van der Waals surface area contributed by atoms with E-state index in [2.05, 4.69) is 25.7 Å². The number of tetrazole rings is 1. The summed E-state index contributed by atoms with van der Waals surface area (Å²) in [4.78, 5) is 35.6. The lowest BCUT2D eigenvalue weighted by molar-refractivity contribution is -0.128. The molecule has 2 aromatic heterocycles. The Kier molecular flexibility index (Phi) is 8.47. The fraction of sp³-hybridized carbons (Fsp3) is 0.273. The SMILES string of the molecule is CCOc1ccc(C(C(=O)NC(C)(C)C)N(C(=O)Cn2nnc(-c3ccc(C)cc3)n2)c2cnc3ccccc3c2)cc1. The van der Waals surface area contributed by atoms with Gasteiger partial charge in [-0.15, -0.1) is 10.2 Å². The van der Waals surface area contributed by atoms with Gasteiger partial charge in [0.25, 0.3) is 5.91 Å². The number of fused-ring (bicyclic) bond motifs is 1. The first kappa shape index (κ1) is 29.4. The number of rotatable bonds is 9. The van der Waals surface area contributed by atoms with Crippen molar-refractivity contribution < 1.29 is 14.3 Å². The number of nitrogens with zero attached hydrogens (tertiary/aromatic N) is 6. The van der Waals surface area contributed by atoms with Crippen LogP contribution in [0.1, 0.15) is 44.9 Å². The fourth-order valence-corrected chi connectivity index (χ4v) is 4.72. The van der Waals surface area contributed by atoms with Crippen molar-refractivity contribution in [1.82, 2.24) is 30.5 Å². The van der Waals surface area contributed by atoms with E-state index in [1.807, 2.05) is 89.2 Å². The van der Waals surface area contributed by atoms with Crippen molar-refractivity contribution in [3.8, 4) is 17.1 Å². The third kappa shape index (κ3) is 7.03. The van der Waals surface area contributed by atoms with E-state index in [4.69, 9.17) is 4.74 Å². The van der Waals surface area contributed by atoms with Crippen LogP contribution in [-0.2, 0) is 16.1 Å². The molecule has 43 heavy (non-hydrogen) atoms. The molecule has 5 aromatic rings. The molecule has 0 aliphatic carbocycles. The lowest BCUT2D eigenvalue weighted by Gasteiger charge is -2.33. The second kappa shape index (κ2) is 12.4. The van der Waals surface area contributed by atoms with E-state index in [1.165, 1.54) is 9.70 Å². The lowest BCUT2D eigenvalue weighted by Crippen LogP contribution is -2.50. The number of carbonyl (C=O) groups is 2. The van der Waals surface area contributed by atoms with Crippen LogP contribution in [0.4, 0.5) is 5.69 Å². The monoisotopic (exact) mass is 577 g/mol. The van der Waals surface area contributed by atoms with Crippen molar-refractivity contribution in [3.63, 3.8) is 0 Å². The van der Waals surface area contributed by atoms with Gasteiger partial charge in [-0.25, -0.2) is 0 Å². The van der Waals surface area contributed by atoms with Crippen LogP contribution in [0.2, 0.25) is 0 Å². The topological polar surface area (TPSA) is 115 Å². The summed E-state index contributed by atoms with van der Waals surface area (Å²) in [5.74, 6) is 0.320. The van der Waals surface area contributed by atoms with Gasteiger partial charge >= 0.3 is 0 Å². The predicted molar refractivity (Wildman–Crippen MR) is 165 cm³/mol. The number of aryl methyl sites for hydroxylation is 1. The van der Waals surface area contributed by atoms with Gasteiger partial charge in [0, 0.05) is 16.5 Å². The third-order valence-corrected chi connectivity index (χ3v) is 6.67. The van der Waals surface area contributed by atoms with Gasteiger partial charge in [0.2, 0.25) is 11.7 Å². The average molecular weight is 578 g/mol. The number of pyridine rings is 1. The zero-order valence-electron chi connectivity index (χ0n) is 25.0. The smallest absolute Gasteiger partial charge is 0.251 e. The van der Waals surface area contributed by atoms with E-state index in [0.717, 1.165) is 22.0 Å². The minimum Gasteiger partial charge on any atom is -0.494 e. The molecule has 0 radical (unpaired) electrons. The van der Waals surface area contributed by atoms with Gasteiger partial charge in [-0.2, -0.15) is 4.80 Å². The maximum Gasteiger partial charge on any atom is 0.251 e. The lowest BCUT2D eigenvalue weighted by atomic mass is 10.0. The van der Waals surface area contributed by atoms with Crippen LogP contribution in [-0.4, -0.2) is 49.2 Å². The third-order valence-electron chi connectivity index (χ3n) is 6.67. The Balaban J connectivity index is 1.58. The predicted octanol–water partition coefficient (Wildman–Crippen LogP) is 5.28. The molecule has 10 heteroatoms. The highest BCUT2D eigenvalue weighted by Crippen LogP contribution is 2.31. The van der Waals surface area contributed by atoms with Gasteiger partial charge in [0.1, 0.15) is 18.3 Å². The van der Waals surface area contributed by atoms with Gasteiger partial charge in [-0.3, -0.25) is 19.5 Å². The first-order valence-corrected chi connectivity index (χ1v) is 14.2. The first-order chi connectivity index (χ1) is 20.6. The van der Waals surface area contributed by atoms with E-state index in [1.54, 1.807) is 30.5 Å². The van der Waals surface area contributed by atoms with Gasteiger partial charge < -0.3 is 10.1 Å². The quantitative estimate of drug-likeness (QED) is 0.253. The van der Waals surface area contributed by atoms with E-state index in [9.17, 15) is 9.59 Å². The molecule has 10 nitrogen and oxygen atoms in total. The molecule has 0 spiro atoms. The Morgan fingerprint density at radius 1 is 1.00 bits per heavy atom. The molecule has 5 rings (SSSR count). The first-order valence-electron chi connectivity index (χ1n) is 14.2. The van der Waals surface area contributed by atoms with Crippen LogP contribution < -0.4 is 15.0 Å². The molecule has 2 amide bonds. The Hall–Kier alpha value is -5.12. The highest BCUT2D eigenvalue weighted by Gasteiger charge is 2.35. The molecule has 0 bridgehead atoms. The Morgan fingerprint density at radius 3 is 2.42 bits per heavy atom. The van der Waals surface area contributed by atoms with Crippen LogP contribution in [0, 0.1) is 6.92 Å². The molecule has 1 N–H and O–H groups in total. The Bertz CT molecular complexity index is 1720. The van der Waals surface area contributed by atoms with Crippen LogP contribution >= 0.6 is 0 Å². The van der Waals surface area contributed by atoms with Crippen molar-refractivity contribution >= 4 is 28.4 Å². The van der Waals surface area contributed by atoms with Crippen molar-refractivity contribution in [3.05, 3.63) is 96.2 Å². The number of aromatic nitrogens is 5. The van der Waals surface area contributed by atoms with E-state index < -0.39 is 17.5 Å². The van der Waals surface area contributed by atoms with Gasteiger partial charge in [-0.05, 0) is 69.7 Å². The second-order valence-corrected chi connectivity index (χ2v) is 11.3. The summed E-state index contributed by atoms with van der Waals surface area (Å²) in [6.07, 6.45) is 1.61. The summed E-state index contributed by atoms with van der Waals surface area (Å²) in [6, 6.07) is 23.4. The second-order valence-electron chi connectivity index (χ2n) is 11.3. The van der Waals surface area contributed by atoms with Gasteiger partial charge in [0.15, 0.2) is 0 Å². The van der Waals surface area contributed by atoms with Crippen LogP contribution in [0.15, 0.2) is 85.1 Å². The Labute approximate surface area is 250 Å². The average Bonchev–Trinajstić information content (AvgIpc) is 3.44. The minimum atomic E-state index is -1.02. The number of amides is 2. The number of ether oxygens (including phenoxy) is 1. The molecular weight excluding hydrogens is 542 g/mol. The molecule has 0 fully saturated rings. The maximum absolute atomic E-state index is 14.3. The molecule has 0 aliphatic heterocycles. The molecule has 0 aliphatic rings. The fourth-order valence-electron chi connectivity index (χ4n) is 4.72. The highest BCUT2D eigenvalue weighted by atomic mass is 16.5. The zero-order chi connectivity index (χ0) is 30.6. The normalized spacial score (nSPS) is 12.1. The molecule has 1 unspecified atom stereocenters. The van der Waals surface area contributed by atoms with Crippen LogP contribution in [0.5, 0.6) is 5.75 Å². The van der Waals surface area contributed by atoms with Crippen molar-refractivity contribution in [2.75, 3.05) is 11.5 Å². The number of hydrogen-bond donors (Lipinski definition) is 1. The molecule has 2 heterocycles. The summed E-state index contributed by atoms with van der Waals surface area (Å²) in [5.41, 5.74) is 3.20. The number of carbonyl (C=O) groups excluding carboxylic acids is 2. The van der Waals surface area contributed by atoms with Gasteiger partial charge in [0.05, 0.1) is 24.0 Å². The number of hydrogen-bond acceptors (Lipinski definition) is 7. The number of para-hydroxylation sites is 1.